The van der Waals surface area contributed by atoms with Crippen LogP contribution in [0.4, 0.5) is 0 Å². The number of fused-ring (bicyclic) bond motifs is 2. The Morgan fingerprint density at radius 1 is 1.00 bits per heavy atom. The van der Waals surface area contributed by atoms with Gasteiger partial charge in [-0.05, 0) is 49.9 Å². The van der Waals surface area contributed by atoms with E-state index in [0.29, 0.717) is 23.8 Å². The number of halogens is 1. The van der Waals surface area contributed by atoms with Gasteiger partial charge in [0.1, 0.15) is 0 Å². The molecule has 21 heavy (non-hydrogen) atoms. The smallest absolute Gasteiger partial charge is 0.223 e. The van der Waals surface area contributed by atoms with Gasteiger partial charge >= 0.3 is 0 Å². The lowest BCUT2D eigenvalue weighted by Gasteiger charge is -2.43. The highest BCUT2D eigenvalue weighted by atomic mass is 35.5. The molecule has 1 amide bonds. The molecule has 0 spiro atoms. The van der Waals surface area contributed by atoms with Crippen molar-refractivity contribution in [3.05, 3.63) is 0 Å². The molecule has 0 aromatic carbocycles. The number of hydrogen-bond donors (Lipinski definition) is 2. The van der Waals surface area contributed by atoms with E-state index in [2.05, 4.69) is 5.32 Å². The van der Waals surface area contributed by atoms with Gasteiger partial charge in [0, 0.05) is 18.5 Å². The van der Waals surface area contributed by atoms with E-state index in [1.165, 1.54) is 51.4 Å². The lowest BCUT2D eigenvalue weighted by molar-refractivity contribution is -0.127. The van der Waals surface area contributed by atoms with Crippen LogP contribution in [-0.4, -0.2) is 18.5 Å². The van der Waals surface area contributed by atoms with E-state index < -0.39 is 0 Å². The summed E-state index contributed by atoms with van der Waals surface area (Å²) in [6.07, 6.45) is 12.6. The molecule has 2 atom stereocenters. The van der Waals surface area contributed by atoms with Crippen molar-refractivity contribution in [1.29, 1.82) is 0 Å². The third kappa shape index (κ3) is 4.13. The fourth-order valence-electron chi connectivity index (χ4n) is 4.85. The fraction of sp³-hybridized carbons (Fsp3) is 0.941. The van der Waals surface area contributed by atoms with Gasteiger partial charge in [0.25, 0.3) is 0 Å². The fourth-order valence-corrected chi connectivity index (χ4v) is 4.85. The first kappa shape index (κ1) is 17.1. The van der Waals surface area contributed by atoms with Gasteiger partial charge in [-0.1, -0.05) is 32.1 Å². The Bertz CT molecular complexity index is 330. The molecular formula is C17H31ClN2O. The zero-order chi connectivity index (χ0) is 13.9. The summed E-state index contributed by atoms with van der Waals surface area (Å²) in [5, 5.41) is 3.20. The van der Waals surface area contributed by atoms with Crippen LogP contribution < -0.4 is 11.1 Å². The quantitative estimate of drug-likeness (QED) is 0.837. The Hall–Kier alpha value is -0.280. The van der Waals surface area contributed by atoms with Gasteiger partial charge in [0.05, 0.1) is 0 Å². The summed E-state index contributed by atoms with van der Waals surface area (Å²) in [5.74, 6) is 2.64. The van der Waals surface area contributed by atoms with Crippen LogP contribution in [0.1, 0.15) is 64.2 Å². The summed E-state index contributed by atoms with van der Waals surface area (Å²) in [6.45, 7) is 0.890. The number of amides is 1. The van der Waals surface area contributed by atoms with Gasteiger partial charge < -0.3 is 11.1 Å². The first-order valence-corrected chi connectivity index (χ1v) is 8.77. The minimum Gasteiger partial charge on any atom is -0.356 e. The standard InChI is InChI=1S/C17H30N2O.ClH/c18-16-13-6-3-7-14(16)11-15(10-13)17(20)19-9-8-12-4-1-2-5-12;/h12-16H,1-11,18H2,(H,19,20);1H. The van der Waals surface area contributed by atoms with E-state index >= 15 is 0 Å². The highest BCUT2D eigenvalue weighted by Gasteiger charge is 2.40. The molecule has 122 valence electrons. The second kappa shape index (κ2) is 7.82. The molecule has 3 saturated carbocycles. The van der Waals surface area contributed by atoms with Crippen molar-refractivity contribution in [3.63, 3.8) is 0 Å². The maximum Gasteiger partial charge on any atom is 0.223 e. The van der Waals surface area contributed by atoms with Crippen LogP contribution in [-0.2, 0) is 4.79 Å². The molecule has 3 aliphatic rings. The lowest BCUT2D eigenvalue weighted by atomic mass is 9.65. The van der Waals surface area contributed by atoms with Crippen molar-refractivity contribution in [2.75, 3.05) is 6.54 Å². The van der Waals surface area contributed by atoms with Gasteiger partial charge in [0.15, 0.2) is 0 Å². The van der Waals surface area contributed by atoms with Crippen molar-refractivity contribution in [3.8, 4) is 0 Å². The second-order valence-electron chi connectivity index (χ2n) is 7.43. The van der Waals surface area contributed by atoms with Crippen LogP contribution in [0.5, 0.6) is 0 Å². The number of nitrogens with one attached hydrogen (secondary N) is 1. The van der Waals surface area contributed by atoms with E-state index in [4.69, 9.17) is 5.73 Å². The Labute approximate surface area is 135 Å². The molecule has 2 unspecified atom stereocenters. The predicted octanol–water partition coefficient (Wildman–Crippen LogP) is 3.26. The molecule has 4 heteroatoms. The molecule has 0 saturated heterocycles. The monoisotopic (exact) mass is 314 g/mol. The Kier molecular flexibility index (Phi) is 6.36. The first-order valence-electron chi connectivity index (χ1n) is 8.77. The minimum atomic E-state index is 0. The first-order chi connectivity index (χ1) is 9.74. The maximum absolute atomic E-state index is 12.4. The highest BCUT2D eigenvalue weighted by molar-refractivity contribution is 5.85. The summed E-state index contributed by atoms with van der Waals surface area (Å²) in [7, 11) is 0. The van der Waals surface area contributed by atoms with Crippen molar-refractivity contribution in [1.82, 2.24) is 5.32 Å². The SMILES string of the molecule is Cl.NC1C2CCCC1CC(C(=O)NCCC1CCCC1)C2. The van der Waals surface area contributed by atoms with Crippen LogP contribution in [0.3, 0.4) is 0 Å². The molecule has 3 fully saturated rings. The summed E-state index contributed by atoms with van der Waals surface area (Å²) < 4.78 is 0. The van der Waals surface area contributed by atoms with Crippen molar-refractivity contribution in [2.45, 2.75) is 70.3 Å². The Balaban J connectivity index is 0.00000161. The van der Waals surface area contributed by atoms with E-state index in [1.807, 2.05) is 0 Å². The van der Waals surface area contributed by atoms with Gasteiger partial charge in [-0.25, -0.2) is 0 Å². The van der Waals surface area contributed by atoms with E-state index in [1.54, 1.807) is 0 Å². The molecule has 0 heterocycles. The van der Waals surface area contributed by atoms with Crippen LogP contribution in [0.15, 0.2) is 0 Å². The minimum absolute atomic E-state index is 0. The second-order valence-corrected chi connectivity index (χ2v) is 7.43. The predicted molar refractivity (Wildman–Crippen MR) is 88.4 cm³/mol. The van der Waals surface area contributed by atoms with Crippen molar-refractivity contribution in [2.24, 2.45) is 29.4 Å². The molecule has 3 aliphatic carbocycles. The molecule has 3 nitrogen and oxygen atoms in total. The zero-order valence-corrected chi connectivity index (χ0v) is 13.9. The van der Waals surface area contributed by atoms with Crippen molar-refractivity contribution < 1.29 is 4.79 Å². The zero-order valence-electron chi connectivity index (χ0n) is 13.1. The van der Waals surface area contributed by atoms with Crippen LogP contribution in [0.25, 0.3) is 0 Å². The molecule has 0 radical (unpaired) electrons. The molecule has 2 bridgehead atoms. The number of hydrogen-bond acceptors (Lipinski definition) is 2. The normalized spacial score (nSPS) is 36.0. The van der Waals surface area contributed by atoms with Crippen LogP contribution in [0, 0.1) is 23.7 Å². The Morgan fingerprint density at radius 2 is 1.62 bits per heavy atom. The molecule has 3 N–H and O–H groups in total. The Morgan fingerprint density at radius 3 is 2.24 bits per heavy atom. The maximum atomic E-state index is 12.4. The third-order valence-electron chi connectivity index (χ3n) is 6.11. The summed E-state index contributed by atoms with van der Waals surface area (Å²) in [5.41, 5.74) is 6.30. The number of rotatable bonds is 4. The summed E-state index contributed by atoms with van der Waals surface area (Å²) in [6, 6.07) is 0.367. The molecule has 0 aromatic heterocycles. The summed E-state index contributed by atoms with van der Waals surface area (Å²) >= 11 is 0. The lowest BCUT2D eigenvalue weighted by Crippen LogP contribution is -2.49. The van der Waals surface area contributed by atoms with Gasteiger partial charge in [0.2, 0.25) is 5.91 Å². The average molecular weight is 315 g/mol. The molecule has 3 rings (SSSR count). The third-order valence-corrected chi connectivity index (χ3v) is 6.11. The van der Waals surface area contributed by atoms with Gasteiger partial charge in [-0.2, -0.15) is 0 Å². The van der Waals surface area contributed by atoms with Gasteiger partial charge in [-0.3, -0.25) is 4.79 Å². The molecule has 0 aromatic rings. The average Bonchev–Trinajstić information content (AvgIpc) is 2.91. The number of carbonyl (C=O) groups is 1. The highest BCUT2D eigenvalue weighted by Crippen LogP contribution is 2.41. The van der Waals surface area contributed by atoms with Crippen LogP contribution >= 0.6 is 12.4 Å². The summed E-state index contributed by atoms with van der Waals surface area (Å²) in [4.78, 5) is 12.4. The van der Waals surface area contributed by atoms with Crippen LogP contribution in [0.2, 0.25) is 0 Å². The topological polar surface area (TPSA) is 55.1 Å². The van der Waals surface area contributed by atoms with Crippen molar-refractivity contribution >= 4 is 18.3 Å². The van der Waals surface area contributed by atoms with E-state index in [-0.39, 0.29) is 18.3 Å². The van der Waals surface area contributed by atoms with E-state index in [0.717, 1.165) is 25.3 Å². The molecular weight excluding hydrogens is 284 g/mol. The van der Waals surface area contributed by atoms with E-state index in [9.17, 15) is 4.79 Å². The largest absolute Gasteiger partial charge is 0.356 e. The molecule has 0 aliphatic heterocycles. The number of nitrogens with two attached hydrogens (primary N) is 1. The number of carbonyl (C=O) groups excluding carboxylic acids is 1. The van der Waals surface area contributed by atoms with Gasteiger partial charge in [-0.15, -0.1) is 12.4 Å².